The van der Waals surface area contributed by atoms with Gasteiger partial charge in [0, 0.05) is 54.3 Å². The number of rotatable bonds is 4. The lowest BCUT2D eigenvalue weighted by molar-refractivity contribution is -0.384. The van der Waals surface area contributed by atoms with Crippen LogP contribution in [0.1, 0.15) is 36.1 Å². The number of hydrogen-bond acceptors (Lipinski definition) is 4. The molecule has 166 valence electrons. The first-order valence-electron chi connectivity index (χ1n) is 11.7. The average molecular weight is 432 g/mol. The monoisotopic (exact) mass is 431 g/mol. The summed E-state index contributed by atoms with van der Waals surface area (Å²) in [5.41, 5.74) is 5.01. The number of aromatic nitrogens is 1. The number of aromatic hydroxyl groups is 1. The Morgan fingerprint density at radius 3 is 2.81 bits per heavy atom. The summed E-state index contributed by atoms with van der Waals surface area (Å²) in [5.74, 6) is 1.62. The Morgan fingerprint density at radius 2 is 2.06 bits per heavy atom. The maximum atomic E-state index is 11.4. The number of non-ortho nitro benzene ring substituents is 1. The molecule has 0 bridgehead atoms. The first kappa shape index (κ1) is 19.8. The number of benzene rings is 2. The standard InChI is InChI=1S/C26H29N3O3/c1-27-24-8-7-20(29(31)32)13-23(24)22-12-19-16-28(15-17-5-6-17)10-9-26(19,14-25(22)27)18-3-2-4-21(30)11-18/h2-4,7-8,11,13,17,19,30H,5-6,9-10,12,14-16H2,1H3. The van der Waals surface area contributed by atoms with Crippen LogP contribution in [0.15, 0.2) is 42.5 Å². The van der Waals surface area contributed by atoms with Crippen molar-refractivity contribution in [3.63, 3.8) is 0 Å². The summed E-state index contributed by atoms with van der Waals surface area (Å²) in [7, 11) is 2.09. The molecule has 3 aromatic rings. The first-order valence-corrected chi connectivity index (χ1v) is 11.7. The van der Waals surface area contributed by atoms with E-state index in [1.54, 1.807) is 18.2 Å². The van der Waals surface area contributed by atoms with Gasteiger partial charge in [0.2, 0.25) is 0 Å². The normalized spacial score (nSPS) is 25.5. The molecule has 0 spiro atoms. The van der Waals surface area contributed by atoms with Gasteiger partial charge in [-0.05, 0) is 79.8 Å². The lowest BCUT2D eigenvalue weighted by atomic mass is 9.58. The van der Waals surface area contributed by atoms with E-state index in [1.165, 1.54) is 36.2 Å². The van der Waals surface area contributed by atoms with Gasteiger partial charge in [0.25, 0.3) is 5.69 Å². The van der Waals surface area contributed by atoms with Crippen LogP contribution in [-0.2, 0) is 25.3 Å². The molecule has 1 N–H and O–H groups in total. The van der Waals surface area contributed by atoms with Crippen molar-refractivity contribution in [2.75, 3.05) is 19.6 Å². The molecule has 6 rings (SSSR count). The van der Waals surface area contributed by atoms with Crippen molar-refractivity contribution in [1.82, 2.24) is 9.47 Å². The predicted octanol–water partition coefficient (Wildman–Crippen LogP) is 4.56. The number of nitro groups is 1. The molecular weight excluding hydrogens is 402 g/mol. The van der Waals surface area contributed by atoms with Crippen molar-refractivity contribution < 1.29 is 10.0 Å². The van der Waals surface area contributed by atoms with E-state index >= 15 is 0 Å². The third-order valence-corrected chi connectivity index (χ3v) is 8.33. The molecule has 6 nitrogen and oxygen atoms in total. The van der Waals surface area contributed by atoms with Crippen LogP contribution >= 0.6 is 0 Å². The Kier molecular flexibility index (Phi) is 4.37. The Balaban J connectivity index is 1.48. The molecule has 1 aliphatic heterocycles. The van der Waals surface area contributed by atoms with Crippen LogP contribution < -0.4 is 0 Å². The summed E-state index contributed by atoms with van der Waals surface area (Å²) in [4.78, 5) is 13.8. The topological polar surface area (TPSA) is 71.5 Å². The van der Waals surface area contributed by atoms with Crippen molar-refractivity contribution in [2.24, 2.45) is 18.9 Å². The van der Waals surface area contributed by atoms with E-state index in [-0.39, 0.29) is 16.0 Å². The summed E-state index contributed by atoms with van der Waals surface area (Å²) >= 11 is 0. The van der Waals surface area contributed by atoms with E-state index in [1.807, 2.05) is 18.2 Å². The average Bonchev–Trinajstić information content (AvgIpc) is 3.57. The van der Waals surface area contributed by atoms with E-state index in [4.69, 9.17) is 0 Å². The van der Waals surface area contributed by atoms with Crippen LogP contribution in [0.25, 0.3) is 10.9 Å². The fourth-order valence-electron chi connectivity index (χ4n) is 6.43. The number of nitro benzene ring substituents is 1. The highest BCUT2D eigenvalue weighted by Gasteiger charge is 2.49. The van der Waals surface area contributed by atoms with Gasteiger partial charge in [-0.2, -0.15) is 0 Å². The first-order chi connectivity index (χ1) is 15.4. The van der Waals surface area contributed by atoms with E-state index in [0.717, 1.165) is 49.2 Å². The highest BCUT2D eigenvalue weighted by Crippen LogP contribution is 2.50. The molecule has 0 radical (unpaired) electrons. The fraction of sp³-hybridized carbons (Fsp3) is 0.462. The molecule has 1 aromatic heterocycles. The van der Waals surface area contributed by atoms with Gasteiger partial charge in [0.1, 0.15) is 5.75 Å². The smallest absolute Gasteiger partial charge is 0.270 e. The second-order valence-electron chi connectivity index (χ2n) is 10.2. The number of hydrogen-bond donors (Lipinski definition) is 1. The van der Waals surface area contributed by atoms with Crippen molar-refractivity contribution in [1.29, 1.82) is 0 Å². The fourth-order valence-corrected chi connectivity index (χ4v) is 6.43. The van der Waals surface area contributed by atoms with Crippen LogP contribution in [0.5, 0.6) is 5.75 Å². The third-order valence-electron chi connectivity index (χ3n) is 8.33. The number of piperidine rings is 1. The summed E-state index contributed by atoms with van der Waals surface area (Å²) in [6.45, 7) is 3.34. The number of fused-ring (bicyclic) bond motifs is 4. The minimum Gasteiger partial charge on any atom is -0.508 e. The van der Waals surface area contributed by atoms with Crippen LogP contribution in [0, 0.1) is 22.0 Å². The Bertz CT molecular complexity index is 1230. The van der Waals surface area contributed by atoms with Crippen LogP contribution in [-0.4, -0.2) is 39.1 Å². The maximum absolute atomic E-state index is 11.4. The van der Waals surface area contributed by atoms with Gasteiger partial charge in [-0.1, -0.05) is 12.1 Å². The number of likely N-dealkylation sites (tertiary alicyclic amines) is 1. The molecule has 2 fully saturated rings. The lowest BCUT2D eigenvalue weighted by Gasteiger charge is -2.51. The number of nitrogens with zero attached hydrogens (tertiary/aromatic N) is 3. The number of aryl methyl sites for hydroxylation is 1. The molecule has 6 heteroatoms. The summed E-state index contributed by atoms with van der Waals surface area (Å²) in [6.07, 6.45) is 5.62. The highest BCUT2D eigenvalue weighted by molar-refractivity contribution is 5.88. The van der Waals surface area contributed by atoms with E-state index in [2.05, 4.69) is 22.6 Å². The van der Waals surface area contributed by atoms with Crippen molar-refractivity contribution >= 4 is 16.6 Å². The summed E-state index contributed by atoms with van der Waals surface area (Å²) < 4.78 is 2.24. The van der Waals surface area contributed by atoms with Gasteiger partial charge in [0.05, 0.1) is 4.92 Å². The number of phenolic OH excluding ortho intramolecular Hbond substituents is 1. The molecule has 32 heavy (non-hydrogen) atoms. The Labute approximate surface area is 187 Å². The second-order valence-corrected chi connectivity index (χ2v) is 10.2. The van der Waals surface area contributed by atoms with Crippen LogP contribution in [0.3, 0.4) is 0 Å². The molecule has 0 amide bonds. The van der Waals surface area contributed by atoms with Crippen molar-refractivity contribution in [3.8, 4) is 5.75 Å². The minimum absolute atomic E-state index is 0.0140. The summed E-state index contributed by atoms with van der Waals surface area (Å²) in [6, 6.07) is 13.1. The highest BCUT2D eigenvalue weighted by atomic mass is 16.6. The van der Waals surface area contributed by atoms with Gasteiger partial charge in [-0.15, -0.1) is 0 Å². The van der Waals surface area contributed by atoms with Gasteiger partial charge < -0.3 is 14.6 Å². The molecule has 2 atom stereocenters. The Hall–Kier alpha value is -2.86. The molecule has 2 aromatic carbocycles. The lowest BCUT2D eigenvalue weighted by Crippen LogP contribution is -2.54. The molecule has 1 saturated heterocycles. The van der Waals surface area contributed by atoms with Gasteiger partial charge >= 0.3 is 0 Å². The zero-order valence-electron chi connectivity index (χ0n) is 18.5. The van der Waals surface area contributed by atoms with Crippen LogP contribution in [0.2, 0.25) is 0 Å². The van der Waals surface area contributed by atoms with Crippen molar-refractivity contribution in [2.45, 2.75) is 37.5 Å². The molecular formula is C26H29N3O3. The molecule has 2 unspecified atom stereocenters. The third kappa shape index (κ3) is 3.04. The number of phenols is 1. The minimum atomic E-state index is -0.295. The van der Waals surface area contributed by atoms with Crippen molar-refractivity contribution in [3.05, 3.63) is 69.4 Å². The molecule has 2 heterocycles. The quantitative estimate of drug-likeness (QED) is 0.486. The zero-order valence-corrected chi connectivity index (χ0v) is 18.5. The SMILES string of the molecule is Cn1c2c(c3cc([N+](=O)[O-])ccc31)CC1CN(CC3CC3)CCC1(c1cccc(O)c1)C2. The van der Waals surface area contributed by atoms with Crippen LogP contribution in [0.4, 0.5) is 5.69 Å². The van der Waals surface area contributed by atoms with E-state index < -0.39 is 0 Å². The largest absolute Gasteiger partial charge is 0.508 e. The maximum Gasteiger partial charge on any atom is 0.270 e. The molecule has 2 aliphatic carbocycles. The Morgan fingerprint density at radius 1 is 1.22 bits per heavy atom. The van der Waals surface area contributed by atoms with Gasteiger partial charge in [0.15, 0.2) is 0 Å². The zero-order chi connectivity index (χ0) is 22.0. The second kappa shape index (κ2) is 7.07. The molecule has 3 aliphatic rings. The van der Waals surface area contributed by atoms with E-state index in [0.29, 0.717) is 11.7 Å². The van der Waals surface area contributed by atoms with Gasteiger partial charge in [-0.25, -0.2) is 0 Å². The van der Waals surface area contributed by atoms with E-state index in [9.17, 15) is 15.2 Å². The summed E-state index contributed by atoms with van der Waals surface area (Å²) in [5, 5.41) is 22.7. The van der Waals surface area contributed by atoms with Gasteiger partial charge in [-0.3, -0.25) is 10.1 Å². The predicted molar refractivity (Wildman–Crippen MR) is 124 cm³/mol. The molecule has 1 saturated carbocycles.